The summed E-state index contributed by atoms with van der Waals surface area (Å²) in [5, 5.41) is 11.4. The summed E-state index contributed by atoms with van der Waals surface area (Å²) in [6.45, 7) is 5.33. The molecule has 0 unspecified atom stereocenters. The zero-order valence-corrected chi connectivity index (χ0v) is 17.0. The van der Waals surface area contributed by atoms with E-state index in [9.17, 15) is 19.1 Å². The van der Waals surface area contributed by atoms with Crippen LogP contribution in [0, 0.1) is 5.82 Å². The molecule has 1 fully saturated rings. The predicted octanol–water partition coefficient (Wildman–Crippen LogP) is 4.20. The van der Waals surface area contributed by atoms with Crippen molar-refractivity contribution >= 4 is 29.1 Å². The van der Waals surface area contributed by atoms with Gasteiger partial charge in [-0.2, -0.15) is 0 Å². The van der Waals surface area contributed by atoms with Crippen molar-refractivity contribution in [1.29, 1.82) is 0 Å². The number of hydrogen-bond donors (Lipinski definition) is 1. The van der Waals surface area contributed by atoms with Gasteiger partial charge in [-0.15, -0.1) is 0 Å². The third kappa shape index (κ3) is 4.04. The van der Waals surface area contributed by atoms with Crippen LogP contribution in [-0.4, -0.2) is 46.4 Å². The van der Waals surface area contributed by atoms with Gasteiger partial charge in [0, 0.05) is 16.1 Å². The van der Waals surface area contributed by atoms with Gasteiger partial charge in [0.05, 0.1) is 18.3 Å². The summed E-state index contributed by atoms with van der Waals surface area (Å²) >= 11 is 5.90. The Morgan fingerprint density at radius 1 is 1.10 bits per heavy atom. The van der Waals surface area contributed by atoms with Gasteiger partial charge in [-0.05, 0) is 43.4 Å². The highest BCUT2D eigenvalue weighted by Crippen LogP contribution is 2.40. The number of carbonyl (C=O) groups excluding carboxylic acids is 2. The third-order valence-electron chi connectivity index (χ3n) is 5.10. The van der Waals surface area contributed by atoms with E-state index in [1.54, 1.807) is 30.3 Å². The van der Waals surface area contributed by atoms with Crippen LogP contribution >= 0.6 is 11.6 Å². The number of Topliss-reactive ketones (excluding diaryl/α,β-unsaturated/α-hetero) is 1. The molecule has 0 saturated carbocycles. The lowest BCUT2D eigenvalue weighted by atomic mass is 9.95. The van der Waals surface area contributed by atoms with Gasteiger partial charge in [-0.25, -0.2) is 4.39 Å². The molecule has 0 aromatic heterocycles. The second-order valence-corrected chi connectivity index (χ2v) is 7.18. The maximum Gasteiger partial charge on any atom is 0.296 e. The van der Waals surface area contributed by atoms with Gasteiger partial charge in [-0.1, -0.05) is 43.6 Å². The Kier molecular flexibility index (Phi) is 6.35. The number of ketones is 1. The van der Waals surface area contributed by atoms with Gasteiger partial charge in [0.15, 0.2) is 0 Å². The summed E-state index contributed by atoms with van der Waals surface area (Å²) in [4.78, 5) is 29.0. The first-order valence-electron chi connectivity index (χ1n) is 9.40. The molecule has 1 N–H and O–H groups in total. The number of amides is 1. The first kappa shape index (κ1) is 21.0. The second kappa shape index (κ2) is 8.76. The number of nitrogens with zero attached hydrogens (tertiary/aromatic N) is 2. The van der Waals surface area contributed by atoms with Crippen molar-refractivity contribution in [3.05, 3.63) is 76.1 Å². The van der Waals surface area contributed by atoms with Gasteiger partial charge in [0.1, 0.15) is 11.6 Å². The third-order valence-corrected chi connectivity index (χ3v) is 5.36. The van der Waals surface area contributed by atoms with Crippen molar-refractivity contribution < 1.29 is 19.1 Å². The standard InChI is InChI=1S/C22H22ClFN2O3/c1-3-25(4-2)13-26-19(16-7-5-6-8-17(16)24)18(21(28)22(26)29)20(27)14-9-11-15(23)12-10-14/h5-12,19,27H,3-4,13H2,1-2H3/b20-18+/t19-/m0/s1. The fourth-order valence-electron chi connectivity index (χ4n) is 3.45. The number of aliphatic hydroxyl groups is 1. The Morgan fingerprint density at radius 3 is 2.31 bits per heavy atom. The molecule has 152 valence electrons. The van der Waals surface area contributed by atoms with Crippen LogP contribution in [0.3, 0.4) is 0 Å². The number of aliphatic hydroxyl groups excluding tert-OH is 1. The molecular formula is C22H22ClFN2O3. The lowest BCUT2D eigenvalue weighted by Gasteiger charge is -2.30. The van der Waals surface area contributed by atoms with Gasteiger partial charge in [0.25, 0.3) is 11.7 Å². The van der Waals surface area contributed by atoms with E-state index in [0.717, 1.165) is 0 Å². The van der Waals surface area contributed by atoms with Gasteiger partial charge < -0.3 is 10.0 Å². The number of carbonyl (C=O) groups is 2. The van der Waals surface area contributed by atoms with Crippen molar-refractivity contribution in [1.82, 2.24) is 9.80 Å². The highest BCUT2D eigenvalue weighted by molar-refractivity contribution is 6.46. The number of benzene rings is 2. The monoisotopic (exact) mass is 416 g/mol. The van der Waals surface area contributed by atoms with Gasteiger partial charge in [0.2, 0.25) is 0 Å². The molecular weight excluding hydrogens is 395 g/mol. The van der Waals surface area contributed by atoms with Crippen LogP contribution in [0.25, 0.3) is 5.76 Å². The van der Waals surface area contributed by atoms with Crippen LogP contribution in [-0.2, 0) is 9.59 Å². The lowest BCUT2D eigenvalue weighted by Crippen LogP contribution is -2.40. The molecule has 3 rings (SSSR count). The molecule has 7 heteroatoms. The molecule has 0 spiro atoms. The minimum Gasteiger partial charge on any atom is -0.507 e. The first-order valence-corrected chi connectivity index (χ1v) is 9.77. The van der Waals surface area contributed by atoms with Crippen LogP contribution in [0.5, 0.6) is 0 Å². The maximum atomic E-state index is 14.7. The minimum atomic E-state index is -1.02. The lowest BCUT2D eigenvalue weighted by molar-refractivity contribution is -0.141. The van der Waals surface area contributed by atoms with Crippen molar-refractivity contribution in [3.8, 4) is 0 Å². The quantitative estimate of drug-likeness (QED) is 0.435. The second-order valence-electron chi connectivity index (χ2n) is 6.74. The average Bonchev–Trinajstić information content (AvgIpc) is 2.97. The highest BCUT2D eigenvalue weighted by atomic mass is 35.5. The predicted molar refractivity (Wildman–Crippen MR) is 110 cm³/mol. The Labute approximate surface area is 174 Å². The van der Waals surface area contributed by atoms with E-state index in [-0.39, 0.29) is 23.6 Å². The Hall–Kier alpha value is -2.70. The van der Waals surface area contributed by atoms with E-state index >= 15 is 0 Å². The van der Waals surface area contributed by atoms with E-state index in [0.29, 0.717) is 23.7 Å². The number of hydrogen-bond acceptors (Lipinski definition) is 4. The Bertz CT molecular complexity index is 955. The number of rotatable bonds is 6. The summed E-state index contributed by atoms with van der Waals surface area (Å²) in [6, 6.07) is 11.2. The van der Waals surface area contributed by atoms with Crippen LogP contribution < -0.4 is 0 Å². The van der Waals surface area contributed by atoms with E-state index < -0.39 is 23.5 Å². The largest absolute Gasteiger partial charge is 0.507 e. The molecule has 2 aromatic carbocycles. The van der Waals surface area contributed by atoms with E-state index in [1.165, 1.54) is 23.1 Å². The van der Waals surface area contributed by atoms with E-state index in [2.05, 4.69) is 0 Å². The van der Waals surface area contributed by atoms with Crippen LogP contribution in [0.4, 0.5) is 4.39 Å². The summed E-state index contributed by atoms with van der Waals surface area (Å²) in [6.07, 6.45) is 0. The van der Waals surface area contributed by atoms with Gasteiger partial charge >= 0.3 is 0 Å². The molecule has 1 heterocycles. The van der Waals surface area contributed by atoms with E-state index in [4.69, 9.17) is 11.6 Å². The number of halogens is 2. The number of likely N-dealkylation sites (tertiary alicyclic amines) is 1. The topological polar surface area (TPSA) is 60.9 Å². The molecule has 0 bridgehead atoms. The van der Waals surface area contributed by atoms with Gasteiger partial charge in [-0.3, -0.25) is 14.5 Å². The summed E-state index contributed by atoms with van der Waals surface area (Å²) in [5.41, 5.74) is 0.362. The smallest absolute Gasteiger partial charge is 0.296 e. The molecule has 2 aromatic rings. The molecule has 1 saturated heterocycles. The molecule has 1 aliphatic heterocycles. The molecule has 0 aliphatic carbocycles. The van der Waals surface area contributed by atoms with Crippen LogP contribution in [0.15, 0.2) is 54.1 Å². The normalized spacial score (nSPS) is 18.7. The average molecular weight is 417 g/mol. The molecule has 0 radical (unpaired) electrons. The molecule has 1 amide bonds. The fraction of sp³-hybridized carbons (Fsp3) is 0.273. The SMILES string of the molecule is CCN(CC)CN1C(=O)C(=O)/C(=C(/O)c2ccc(Cl)cc2)[C@@H]1c1ccccc1F. The Morgan fingerprint density at radius 2 is 1.72 bits per heavy atom. The van der Waals surface area contributed by atoms with Crippen molar-refractivity contribution in [3.63, 3.8) is 0 Å². The fourth-order valence-corrected chi connectivity index (χ4v) is 3.57. The molecule has 5 nitrogen and oxygen atoms in total. The van der Waals surface area contributed by atoms with Crippen molar-refractivity contribution in [2.24, 2.45) is 0 Å². The summed E-state index contributed by atoms with van der Waals surface area (Å²) in [7, 11) is 0. The summed E-state index contributed by atoms with van der Waals surface area (Å²) < 4.78 is 14.7. The zero-order valence-electron chi connectivity index (χ0n) is 16.2. The van der Waals surface area contributed by atoms with Crippen molar-refractivity contribution in [2.45, 2.75) is 19.9 Å². The van der Waals surface area contributed by atoms with Crippen LogP contribution in [0.1, 0.15) is 31.0 Å². The van der Waals surface area contributed by atoms with E-state index in [1.807, 2.05) is 18.7 Å². The molecule has 29 heavy (non-hydrogen) atoms. The molecule has 1 atom stereocenters. The molecule has 1 aliphatic rings. The zero-order chi connectivity index (χ0) is 21.1. The maximum absolute atomic E-state index is 14.7. The first-order chi connectivity index (χ1) is 13.9. The Balaban J connectivity index is 2.18. The van der Waals surface area contributed by atoms with Crippen LogP contribution in [0.2, 0.25) is 5.02 Å². The summed E-state index contributed by atoms with van der Waals surface area (Å²) in [5.74, 6) is -2.50. The van der Waals surface area contributed by atoms with Crippen molar-refractivity contribution in [2.75, 3.05) is 19.8 Å². The highest BCUT2D eigenvalue weighted by Gasteiger charge is 2.47. The minimum absolute atomic E-state index is 0.130.